The summed E-state index contributed by atoms with van der Waals surface area (Å²) in [6.07, 6.45) is 2.00. The molecular weight excluding hydrogens is 206 g/mol. The molecule has 0 radical (unpaired) electrons. The third-order valence-electron chi connectivity index (χ3n) is 3.04. The van der Waals surface area contributed by atoms with Crippen LogP contribution in [0.4, 0.5) is 0 Å². The highest BCUT2D eigenvalue weighted by Crippen LogP contribution is 2.48. The molecule has 1 fully saturated rings. The number of aryl methyl sites for hydroxylation is 1. The Balaban J connectivity index is 2.21. The Hall–Kier alpha value is -1.58. The Labute approximate surface area is 94.3 Å². The number of aliphatic carboxylic acids is 1. The van der Waals surface area contributed by atoms with E-state index in [9.17, 15) is 4.79 Å². The molecule has 1 saturated carbocycles. The normalized spacial score (nSPS) is 16.9. The molecule has 4 heteroatoms. The number of ether oxygens (including phenoxy) is 1. The van der Waals surface area contributed by atoms with Crippen molar-refractivity contribution in [2.45, 2.75) is 26.2 Å². The van der Waals surface area contributed by atoms with E-state index in [1.54, 1.807) is 7.11 Å². The highest BCUT2D eigenvalue weighted by Gasteiger charge is 2.50. The van der Waals surface area contributed by atoms with E-state index in [1.165, 1.54) is 0 Å². The van der Waals surface area contributed by atoms with Crippen molar-refractivity contribution >= 4 is 5.97 Å². The molecule has 0 unspecified atom stereocenters. The Morgan fingerprint density at radius 3 is 2.75 bits per heavy atom. The van der Waals surface area contributed by atoms with Gasteiger partial charge in [-0.25, -0.2) is 0 Å². The lowest BCUT2D eigenvalue weighted by Crippen LogP contribution is -2.18. The minimum absolute atomic E-state index is 0.500. The van der Waals surface area contributed by atoms with Crippen LogP contribution < -0.4 is 4.74 Å². The summed E-state index contributed by atoms with van der Waals surface area (Å²) in [7, 11) is 1.60. The van der Waals surface area contributed by atoms with Gasteiger partial charge in [-0.2, -0.15) is 0 Å². The smallest absolute Gasteiger partial charge is 0.310 e. The van der Waals surface area contributed by atoms with Gasteiger partial charge in [-0.3, -0.25) is 9.78 Å². The van der Waals surface area contributed by atoms with Crippen LogP contribution in [0.3, 0.4) is 0 Å². The summed E-state index contributed by atoms with van der Waals surface area (Å²) in [6, 6.07) is 3.65. The zero-order valence-corrected chi connectivity index (χ0v) is 9.49. The predicted molar refractivity (Wildman–Crippen MR) is 58.5 cm³/mol. The lowest BCUT2D eigenvalue weighted by molar-refractivity contribution is -0.143. The maximum atomic E-state index is 11.1. The molecule has 1 heterocycles. The average molecular weight is 221 g/mol. The maximum absolute atomic E-state index is 11.1. The molecular formula is C12H15NO3. The molecule has 1 aliphatic rings. The largest absolute Gasteiger partial charge is 0.497 e. The first-order valence-corrected chi connectivity index (χ1v) is 5.31. The minimum Gasteiger partial charge on any atom is -0.497 e. The molecule has 0 spiro atoms. The summed E-state index contributed by atoms with van der Waals surface area (Å²) in [5.41, 5.74) is 1.10. The van der Waals surface area contributed by atoms with E-state index in [0.29, 0.717) is 6.42 Å². The molecule has 16 heavy (non-hydrogen) atoms. The fraction of sp³-hybridized carbons (Fsp3) is 0.500. The van der Waals surface area contributed by atoms with Gasteiger partial charge in [0.25, 0.3) is 0 Å². The SMILES string of the molecule is COc1cc(C)nc(CC2(C(=O)O)CC2)c1. The second-order valence-electron chi connectivity index (χ2n) is 4.40. The molecule has 2 rings (SSSR count). The van der Waals surface area contributed by atoms with Crippen molar-refractivity contribution in [2.24, 2.45) is 5.41 Å². The lowest BCUT2D eigenvalue weighted by atomic mass is 10.00. The Bertz CT molecular complexity index is 424. The Kier molecular flexibility index (Phi) is 2.58. The summed E-state index contributed by atoms with van der Waals surface area (Å²) in [5.74, 6) is 0.0264. The number of aromatic nitrogens is 1. The second-order valence-corrected chi connectivity index (χ2v) is 4.40. The van der Waals surface area contributed by atoms with Crippen molar-refractivity contribution in [3.63, 3.8) is 0 Å². The van der Waals surface area contributed by atoms with Gasteiger partial charge < -0.3 is 9.84 Å². The molecule has 86 valence electrons. The molecule has 4 nitrogen and oxygen atoms in total. The number of nitrogens with zero attached hydrogens (tertiary/aromatic N) is 1. The van der Waals surface area contributed by atoms with Gasteiger partial charge >= 0.3 is 5.97 Å². The Morgan fingerprint density at radius 1 is 1.56 bits per heavy atom. The summed E-state index contributed by atoms with van der Waals surface area (Å²) >= 11 is 0. The van der Waals surface area contributed by atoms with Gasteiger partial charge in [-0.1, -0.05) is 0 Å². The van der Waals surface area contributed by atoms with E-state index in [1.807, 2.05) is 19.1 Å². The van der Waals surface area contributed by atoms with E-state index in [2.05, 4.69) is 4.98 Å². The molecule has 0 amide bonds. The van der Waals surface area contributed by atoms with Crippen LogP contribution >= 0.6 is 0 Å². The van der Waals surface area contributed by atoms with Gasteiger partial charge in [0.15, 0.2) is 0 Å². The van der Waals surface area contributed by atoms with Crippen LogP contribution in [-0.2, 0) is 11.2 Å². The van der Waals surface area contributed by atoms with E-state index in [0.717, 1.165) is 30.0 Å². The molecule has 0 aromatic carbocycles. The molecule has 0 atom stereocenters. The van der Waals surface area contributed by atoms with Gasteiger partial charge in [-0.15, -0.1) is 0 Å². The van der Waals surface area contributed by atoms with Crippen LogP contribution in [0, 0.1) is 12.3 Å². The number of hydrogen-bond acceptors (Lipinski definition) is 3. The maximum Gasteiger partial charge on any atom is 0.310 e. The number of carboxylic acids is 1. The van der Waals surface area contributed by atoms with Gasteiger partial charge in [0, 0.05) is 29.9 Å². The number of pyridine rings is 1. The third-order valence-corrected chi connectivity index (χ3v) is 3.04. The molecule has 1 aliphatic carbocycles. The van der Waals surface area contributed by atoms with Crippen molar-refractivity contribution < 1.29 is 14.6 Å². The van der Waals surface area contributed by atoms with E-state index in [4.69, 9.17) is 9.84 Å². The standard InChI is InChI=1S/C12H15NO3/c1-8-5-10(16-2)6-9(13-8)7-12(3-4-12)11(14)15/h5-6H,3-4,7H2,1-2H3,(H,14,15). The molecule has 1 aromatic heterocycles. The highest BCUT2D eigenvalue weighted by molar-refractivity contribution is 5.78. The fourth-order valence-corrected chi connectivity index (χ4v) is 1.88. The first-order chi connectivity index (χ1) is 7.55. The zero-order valence-electron chi connectivity index (χ0n) is 9.49. The second kappa shape index (κ2) is 3.77. The highest BCUT2D eigenvalue weighted by atomic mass is 16.5. The first-order valence-electron chi connectivity index (χ1n) is 5.31. The van der Waals surface area contributed by atoms with E-state index >= 15 is 0 Å². The van der Waals surface area contributed by atoms with Gasteiger partial charge in [-0.05, 0) is 19.8 Å². The van der Waals surface area contributed by atoms with Gasteiger partial charge in [0.2, 0.25) is 0 Å². The van der Waals surface area contributed by atoms with Crippen LogP contribution in [0.15, 0.2) is 12.1 Å². The monoisotopic (exact) mass is 221 g/mol. The van der Waals surface area contributed by atoms with Crippen LogP contribution in [0.1, 0.15) is 24.2 Å². The predicted octanol–water partition coefficient (Wildman–Crippen LogP) is 1.81. The Morgan fingerprint density at radius 2 is 2.25 bits per heavy atom. The van der Waals surface area contributed by atoms with Gasteiger partial charge in [0.05, 0.1) is 12.5 Å². The zero-order chi connectivity index (χ0) is 11.8. The van der Waals surface area contributed by atoms with Gasteiger partial charge in [0.1, 0.15) is 5.75 Å². The molecule has 0 aliphatic heterocycles. The van der Waals surface area contributed by atoms with Crippen molar-refractivity contribution in [2.75, 3.05) is 7.11 Å². The summed E-state index contributed by atoms with van der Waals surface area (Å²) in [4.78, 5) is 15.4. The number of carbonyl (C=O) groups is 1. The average Bonchev–Trinajstić information content (AvgIpc) is 2.98. The van der Waals surface area contributed by atoms with E-state index < -0.39 is 11.4 Å². The number of hydrogen-bond donors (Lipinski definition) is 1. The van der Waals surface area contributed by atoms with Crippen molar-refractivity contribution in [3.05, 3.63) is 23.5 Å². The number of rotatable bonds is 4. The molecule has 0 bridgehead atoms. The molecule has 1 aromatic rings. The fourth-order valence-electron chi connectivity index (χ4n) is 1.88. The molecule has 1 N–H and O–H groups in total. The molecule has 0 saturated heterocycles. The first kappa shape index (κ1) is 10.9. The van der Waals surface area contributed by atoms with E-state index in [-0.39, 0.29) is 0 Å². The number of carboxylic acid groups (broad SMARTS) is 1. The third kappa shape index (κ3) is 2.01. The van der Waals surface area contributed by atoms with Crippen LogP contribution in [0.25, 0.3) is 0 Å². The van der Waals surface area contributed by atoms with Crippen LogP contribution in [-0.4, -0.2) is 23.2 Å². The summed E-state index contributed by atoms with van der Waals surface area (Å²) in [6.45, 7) is 1.88. The minimum atomic E-state index is -0.713. The number of methoxy groups -OCH3 is 1. The summed E-state index contributed by atoms with van der Waals surface area (Å²) < 4.78 is 5.14. The quantitative estimate of drug-likeness (QED) is 0.842. The van der Waals surface area contributed by atoms with Crippen molar-refractivity contribution in [3.8, 4) is 5.75 Å². The van der Waals surface area contributed by atoms with Crippen molar-refractivity contribution in [1.82, 2.24) is 4.98 Å². The lowest BCUT2D eigenvalue weighted by Gasteiger charge is -2.10. The topological polar surface area (TPSA) is 59.4 Å². The van der Waals surface area contributed by atoms with Crippen LogP contribution in [0.2, 0.25) is 0 Å². The van der Waals surface area contributed by atoms with Crippen LogP contribution in [0.5, 0.6) is 5.75 Å². The van der Waals surface area contributed by atoms with Crippen molar-refractivity contribution in [1.29, 1.82) is 0 Å². The summed E-state index contributed by atoms with van der Waals surface area (Å²) in [5, 5.41) is 9.10.